The van der Waals surface area contributed by atoms with Crippen LogP contribution in [0.15, 0.2) is 36.4 Å². The summed E-state index contributed by atoms with van der Waals surface area (Å²) in [6.07, 6.45) is -0.168. The highest BCUT2D eigenvalue weighted by molar-refractivity contribution is 6.02. The van der Waals surface area contributed by atoms with E-state index in [2.05, 4.69) is 16.0 Å². The molecule has 0 saturated carbocycles. The van der Waals surface area contributed by atoms with Gasteiger partial charge in [-0.25, -0.2) is 4.79 Å². The molecule has 0 fully saturated rings. The first-order valence-corrected chi connectivity index (χ1v) is 11.2. The summed E-state index contributed by atoms with van der Waals surface area (Å²) in [7, 11) is 1.85. The van der Waals surface area contributed by atoms with Crippen molar-refractivity contribution in [3.63, 3.8) is 0 Å². The van der Waals surface area contributed by atoms with E-state index in [1.54, 1.807) is 48.2 Å². The molecule has 2 heterocycles. The molecule has 2 aliphatic rings. The quantitative estimate of drug-likeness (QED) is 0.512. The zero-order chi connectivity index (χ0) is 24.2. The molecule has 0 spiro atoms. The molecule has 4 rings (SSSR count). The van der Waals surface area contributed by atoms with Crippen molar-refractivity contribution in [1.29, 1.82) is 0 Å². The number of urea groups is 1. The zero-order valence-electron chi connectivity index (χ0n) is 19.5. The highest BCUT2D eigenvalue weighted by atomic mass is 16.7. The zero-order valence-corrected chi connectivity index (χ0v) is 19.5. The van der Waals surface area contributed by atoms with Gasteiger partial charge in [0.1, 0.15) is 11.9 Å². The topological polar surface area (TPSA) is 121 Å². The van der Waals surface area contributed by atoms with Crippen LogP contribution in [-0.4, -0.2) is 67.6 Å². The largest absolute Gasteiger partial charge is 0.488 e. The molecule has 10 nitrogen and oxygen atoms in total. The van der Waals surface area contributed by atoms with E-state index >= 15 is 0 Å². The molecule has 0 bridgehead atoms. The normalized spacial score (nSPS) is 20.0. The summed E-state index contributed by atoms with van der Waals surface area (Å²) in [5, 5.41) is 18.4. The minimum Gasteiger partial charge on any atom is -0.488 e. The van der Waals surface area contributed by atoms with Crippen molar-refractivity contribution in [2.24, 2.45) is 5.92 Å². The number of benzene rings is 2. The van der Waals surface area contributed by atoms with Gasteiger partial charge in [0.15, 0.2) is 11.5 Å². The van der Waals surface area contributed by atoms with Gasteiger partial charge in [-0.15, -0.1) is 0 Å². The number of rotatable bonds is 6. The second-order valence-electron chi connectivity index (χ2n) is 8.54. The number of nitrogens with zero attached hydrogens (tertiary/aromatic N) is 1. The molecule has 2 aromatic carbocycles. The lowest BCUT2D eigenvalue weighted by molar-refractivity contribution is 0.0416. The van der Waals surface area contributed by atoms with E-state index in [1.165, 1.54) is 0 Å². The minimum absolute atomic E-state index is 0.0452. The van der Waals surface area contributed by atoms with Crippen molar-refractivity contribution in [3.8, 4) is 17.2 Å². The molecule has 0 aliphatic carbocycles. The number of nitrogens with one attached hydrogen (secondary N) is 3. The van der Waals surface area contributed by atoms with Crippen LogP contribution in [0.3, 0.4) is 0 Å². The fourth-order valence-electron chi connectivity index (χ4n) is 4.01. The number of ether oxygens (including phenoxy) is 3. The SMILES string of the molecule is CNC[C@H]1Oc2ccc(NC(=O)Nc3ccc4c(c3)OCO4)cc2C(=O)N([C@@H](C)CO)C[C@@H]1C. The van der Waals surface area contributed by atoms with Gasteiger partial charge in [-0.3, -0.25) is 4.79 Å². The number of carbonyl (C=O) groups is 2. The Balaban J connectivity index is 1.55. The minimum atomic E-state index is -0.472. The van der Waals surface area contributed by atoms with Crippen molar-refractivity contribution in [1.82, 2.24) is 10.2 Å². The summed E-state index contributed by atoms with van der Waals surface area (Å²) >= 11 is 0. The Hall–Kier alpha value is -3.50. The van der Waals surface area contributed by atoms with Gasteiger partial charge in [0, 0.05) is 36.4 Å². The van der Waals surface area contributed by atoms with Crippen LogP contribution in [0, 0.1) is 5.92 Å². The molecule has 182 valence electrons. The molecular formula is C24H30N4O6. The average Bonchev–Trinajstić information content (AvgIpc) is 3.29. The summed E-state index contributed by atoms with van der Waals surface area (Å²) in [6, 6.07) is 9.25. The van der Waals surface area contributed by atoms with Crippen LogP contribution in [0.4, 0.5) is 16.2 Å². The highest BCUT2D eigenvalue weighted by Crippen LogP contribution is 2.34. The first kappa shape index (κ1) is 23.7. The summed E-state index contributed by atoms with van der Waals surface area (Å²) in [5.74, 6) is 1.41. The van der Waals surface area contributed by atoms with E-state index < -0.39 is 6.03 Å². The fraction of sp³-hybridized carbons (Fsp3) is 0.417. The standard InChI is InChI=1S/C24H30N4O6/c1-14-11-28(15(2)12-29)23(30)18-8-16(4-6-19(18)34-22(14)10-25-3)26-24(31)27-17-5-7-20-21(9-17)33-13-32-20/h4-9,14-15,22,25,29H,10-13H2,1-3H3,(H2,26,27,31)/t14-,15-,22+/m0/s1. The predicted molar refractivity (Wildman–Crippen MR) is 127 cm³/mol. The molecule has 2 aromatic rings. The molecule has 34 heavy (non-hydrogen) atoms. The number of amides is 3. The van der Waals surface area contributed by atoms with Crippen molar-refractivity contribution in [2.45, 2.75) is 26.0 Å². The molecule has 0 unspecified atom stereocenters. The molecular weight excluding hydrogens is 440 g/mol. The summed E-state index contributed by atoms with van der Waals surface area (Å²) in [4.78, 5) is 27.7. The smallest absolute Gasteiger partial charge is 0.323 e. The third-order valence-corrected chi connectivity index (χ3v) is 5.96. The molecule has 2 aliphatic heterocycles. The van der Waals surface area contributed by atoms with Crippen LogP contribution < -0.4 is 30.2 Å². The van der Waals surface area contributed by atoms with E-state index in [-0.39, 0.29) is 37.4 Å². The highest BCUT2D eigenvalue weighted by Gasteiger charge is 2.32. The Morgan fingerprint density at radius 3 is 2.50 bits per heavy atom. The van der Waals surface area contributed by atoms with Crippen LogP contribution in [0.25, 0.3) is 0 Å². The van der Waals surface area contributed by atoms with Crippen molar-refractivity contribution in [2.75, 3.05) is 44.2 Å². The third-order valence-electron chi connectivity index (χ3n) is 5.96. The maximum Gasteiger partial charge on any atom is 0.323 e. The number of carbonyl (C=O) groups excluding carboxylic acids is 2. The number of anilines is 2. The van der Waals surface area contributed by atoms with Crippen LogP contribution in [0.5, 0.6) is 17.2 Å². The van der Waals surface area contributed by atoms with Gasteiger partial charge in [0.05, 0.1) is 18.2 Å². The van der Waals surface area contributed by atoms with Gasteiger partial charge in [-0.2, -0.15) is 0 Å². The number of fused-ring (bicyclic) bond motifs is 2. The maximum atomic E-state index is 13.4. The number of hydrogen-bond acceptors (Lipinski definition) is 7. The van der Waals surface area contributed by atoms with Crippen molar-refractivity contribution in [3.05, 3.63) is 42.0 Å². The molecule has 0 radical (unpaired) electrons. The lowest BCUT2D eigenvalue weighted by atomic mass is 9.99. The number of likely N-dealkylation sites (N-methyl/N-ethyl adjacent to an activating group) is 1. The second-order valence-corrected chi connectivity index (χ2v) is 8.54. The van der Waals surface area contributed by atoms with E-state index in [9.17, 15) is 14.7 Å². The Kier molecular flexibility index (Phi) is 7.09. The number of aliphatic hydroxyl groups is 1. The first-order valence-electron chi connectivity index (χ1n) is 11.2. The van der Waals surface area contributed by atoms with Crippen LogP contribution in [-0.2, 0) is 0 Å². The van der Waals surface area contributed by atoms with E-state index in [1.807, 2.05) is 14.0 Å². The van der Waals surface area contributed by atoms with Gasteiger partial charge in [-0.1, -0.05) is 6.92 Å². The third kappa shape index (κ3) is 5.02. The second kappa shape index (κ2) is 10.2. The fourth-order valence-corrected chi connectivity index (χ4v) is 4.01. The van der Waals surface area contributed by atoms with Crippen LogP contribution in [0.2, 0.25) is 0 Å². The number of aliphatic hydroxyl groups excluding tert-OH is 1. The molecule has 3 atom stereocenters. The van der Waals surface area contributed by atoms with Crippen molar-refractivity contribution >= 4 is 23.3 Å². The van der Waals surface area contributed by atoms with Gasteiger partial charge in [0.25, 0.3) is 5.91 Å². The first-order chi connectivity index (χ1) is 16.4. The van der Waals surface area contributed by atoms with Crippen LogP contribution >= 0.6 is 0 Å². The van der Waals surface area contributed by atoms with E-state index in [0.29, 0.717) is 47.3 Å². The molecule has 4 N–H and O–H groups in total. The Morgan fingerprint density at radius 1 is 1.12 bits per heavy atom. The monoisotopic (exact) mass is 470 g/mol. The van der Waals surface area contributed by atoms with Crippen molar-refractivity contribution < 1.29 is 28.9 Å². The van der Waals surface area contributed by atoms with E-state index in [0.717, 1.165) is 0 Å². The lowest BCUT2D eigenvalue weighted by Gasteiger charge is -2.37. The number of hydrogen-bond donors (Lipinski definition) is 4. The maximum absolute atomic E-state index is 13.4. The summed E-state index contributed by atoms with van der Waals surface area (Å²) in [5.41, 5.74) is 1.30. The van der Waals surface area contributed by atoms with Gasteiger partial charge >= 0.3 is 6.03 Å². The Labute approximate surface area is 198 Å². The van der Waals surface area contributed by atoms with Gasteiger partial charge in [-0.05, 0) is 44.3 Å². The van der Waals surface area contributed by atoms with Crippen LogP contribution in [0.1, 0.15) is 24.2 Å². The molecule has 3 amide bonds. The molecule has 0 aromatic heterocycles. The Morgan fingerprint density at radius 2 is 1.79 bits per heavy atom. The molecule has 10 heteroatoms. The average molecular weight is 471 g/mol. The summed E-state index contributed by atoms with van der Waals surface area (Å²) in [6.45, 7) is 4.87. The molecule has 0 saturated heterocycles. The Bertz CT molecular complexity index is 1060. The van der Waals surface area contributed by atoms with Gasteiger partial charge in [0.2, 0.25) is 6.79 Å². The van der Waals surface area contributed by atoms with E-state index in [4.69, 9.17) is 14.2 Å². The predicted octanol–water partition coefficient (Wildman–Crippen LogP) is 2.50. The summed E-state index contributed by atoms with van der Waals surface area (Å²) < 4.78 is 16.8. The van der Waals surface area contributed by atoms with Gasteiger partial charge < -0.3 is 40.2 Å². The lowest BCUT2D eigenvalue weighted by Crippen LogP contribution is -2.49.